The summed E-state index contributed by atoms with van der Waals surface area (Å²) in [5.41, 5.74) is 1.23. The van der Waals surface area contributed by atoms with Crippen LogP contribution >= 0.6 is 45.9 Å². The zero-order valence-corrected chi connectivity index (χ0v) is 21.6. The Kier molecular flexibility index (Phi) is 7.43. The molecular weight excluding hydrogens is 543 g/mol. The second kappa shape index (κ2) is 10.2. The van der Waals surface area contributed by atoms with Crippen molar-refractivity contribution in [1.82, 2.24) is 10.2 Å². The van der Waals surface area contributed by atoms with E-state index in [9.17, 15) is 18.0 Å². The number of ether oxygens (including phenoxy) is 1. The van der Waals surface area contributed by atoms with Crippen molar-refractivity contribution in [2.75, 3.05) is 16.6 Å². The number of sulfonamides is 1. The minimum Gasteiger partial charge on any atom is -0.462 e. The van der Waals surface area contributed by atoms with E-state index in [2.05, 4.69) is 20.2 Å². The van der Waals surface area contributed by atoms with Crippen molar-refractivity contribution < 1.29 is 22.7 Å². The zero-order chi connectivity index (χ0) is 24.5. The first kappa shape index (κ1) is 24.9. The lowest BCUT2D eigenvalue weighted by Gasteiger charge is -2.12. The molecule has 1 aliphatic carbocycles. The molecule has 2 N–H and O–H groups in total. The molecule has 0 aliphatic heterocycles. The van der Waals surface area contributed by atoms with E-state index in [-0.39, 0.29) is 37.2 Å². The highest BCUT2D eigenvalue weighted by Crippen LogP contribution is 2.40. The SMILES string of the molecule is CCOC(=O)c1c(NS(=O)(=O)c2nnc(NC(=O)c3ccc(Cl)cc3Cl)s2)sc2c1CCCC2. The minimum absolute atomic E-state index is 0.0347. The Hall–Kier alpha value is -2.25. The highest BCUT2D eigenvalue weighted by Gasteiger charge is 2.30. The van der Waals surface area contributed by atoms with E-state index in [0.29, 0.717) is 22.8 Å². The Morgan fingerprint density at radius 1 is 1.15 bits per heavy atom. The molecule has 34 heavy (non-hydrogen) atoms. The number of aryl methyl sites for hydroxylation is 1. The number of aromatic nitrogens is 2. The highest BCUT2D eigenvalue weighted by molar-refractivity contribution is 7.94. The van der Waals surface area contributed by atoms with Crippen LogP contribution in [0.1, 0.15) is 50.9 Å². The number of halogens is 2. The third kappa shape index (κ3) is 5.20. The molecule has 2 heterocycles. The van der Waals surface area contributed by atoms with Crippen molar-refractivity contribution in [1.29, 1.82) is 0 Å². The van der Waals surface area contributed by atoms with Gasteiger partial charge in [-0.15, -0.1) is 21.5 Å². The number of thiophene rings is 1. The van der Waals surface area contributed by atoms with Crippen molar-refractivity contribution in [3.63, 3.8) is 0 Å². The topological polar surface area (TPSA) is 127 Å². The van der Waals surface area contributed by atoms with Crippen LogP contribution < -0.4 is 10.0 Å². The Morgan fingerprint density at radius 3 is 2.65 bits per heavy atom. The molecule has 0 spiro atoms. The molecule has 0 fully saturated rings. The predicted molar refractivity (Wildman–Crippen MR) is 132 cm³/mol. The van der Waals surface area contributed by atoms with E-state index >= 15 is 0 Å². The van der Waals surface area contributed by atoms with Crippen molar-refractivity contribution in [3.05, 3.63) is 49.8 Å². The molecule has 2 aromatic heterocycles. The number of amides is 1. The maximum atomic E-state index is 13.0. The molecule has 180 valence electrons. The van der Waals surface area contributed by atoms with Crippen LogP contribution in [0.25, 0.3) is 0 Å². The van der Waals surface area contributed by atoms with E-state index in [1.54, 1.807) is 6.92 Å². The summed E-state index contributed by atoms with van der Waals surface area (Å²) in [4.78, 5) is 26.0. The molecule has 0 saturated carbocycles. The fourth-order valence-electron chi connectivity index (χ4n) is 3.43. The second-order valence-electron chi connectivity index (χ2n) is 7.19. The van der Waals surface area contributed by atoms with Gasteiger partial charge in [0.05, 0.1) is 22.8 Å². The van der Waals surface area contributed by atoms with Crippen molar-refractivity contribution in [2.45, 2.75) is 36.9 Å². The van der Waals surface area contributed by atoms with Gasteiger partial charge in [-0.3, -0.25) is 14.8 Å². The van der Waals surface area contributed by atoms with Crippen LogP contribution in [-0.2, 0) is 27.6 Å². The highest BCUT2D eigenvalue weighted by atomic mass is 35.5. The van der Waals surface area contributed by atoms with Crippen LogP contribution in [0.5, 0.6) is 0 Å². The summed E-state index contributed by atoms with van der Waals surface area (Å²) in [6, 6.07) is 4.36. The van der Waals surface area contributed by atoms with E-state index < -0.39 is 21.9 Å². The second-order valence-corrected chi connectivity index (χ2v) is 12.0. The van der Waals surface area contributed by atoms with Gasteiger partial charge in [-0.25, -0.2) is 4.79 Å². The van der Waals surface area contributed by atoms with Gasteiger partial charge in [0, 0.05) is 9.90 Å². The quantitative estimate of drug-likeness (QED) is 0.307. The fourth-order valence-corrected chi connectivity index (χ4v) is 7.40. The Morgan fingerprint density at radius 2 is 1.91 bits per heavy atom. The van der Waals surface area contributed by atoms with Crippen molar-refractivity contribution >= 4 is 77.9 Å². The summed E-state index contributed by atoms with van der Waals surface area (Å²) in [7, 11) is -4.17. The van der Waals surface area contributed by atoms with Gasteiger partial charge < -0.3 is 4.74 Å². The van der Waals surface area contributed by atoms with Crippen LogP contribution in [0.2, 0.25) is 10.0 Å². The van der Waals surface area contributed by atoms with Gasteiger partial charge in [0.2, 0.25) is 5.13 Å². The average Bonchev–Trinajstić information content (AvgIpc) is 3.38. The number of carbonyl (C=O) groups excluding carboxylic acids is 2. The van der Waals surface area contributed by atoms with Gasteiger partial charge in [0.25, 0.3) is 20.3 Å². The number of nitrogens with zero attached hydrogens (tertiary/aromatic N) is 2. The van der Waals surface area contributed by atoms with Crippen LogP contribution in [-0.4, -0.2) is 37.1 Å². The third-order valence-corrected chi connectivity index (χ3v) is 9.35. The monoisotopic (exact) mass is 560 g/mol. The fraction of sp³-hybridized carbons (Fsp3) is 0.300. The van der Waals surface area contributed by atoms with Crippen LogP contribution in [0.15, 0.2) is 22.5 Å². The molecule has 1 amide bonds. The maximum Gasteiger partial charge on any atom is 0.341 e. The van der Waals surface area contributed by atoms with Gasteiger partial charge in [0.15, 0.2) is 0 Å². The first-order valence-electron chi connectivity index (χ1n) is 10.1. The molecule has 9 nitrogen and oxygen atoms in total. The number of nitrogens with one attached hydrogen (secondary N) is 2. The number of benzene rings is 1. The first-order valence-corrected chi connectivity index (χ1v) is 14.0. The summed E-state index contributed by atoms with van der Waals surface area (Å²) in [6.07, 6.45) is 3.35. The van der Waals surface area contributed by atoms with E-state index in [1.165, 1.54) is 29.5 Å². The minimum atomic E-state index is -4.17. The number of esters is 1. The third-order valence-electron chi connectivity index (χ3n) is 4.91. The molecule has 0 atom stereocenters. The first-order chi connectivity index (χ1) is 16.2. The smallest absolute Gasteiger partial charge is 0.341 e. The van der Waals surface area contributed by atoms with E-state index in [4.69, 9.17) is 27.9 Å². The molecule has 1 aromatic carbocycles. The molecule has 0 saturated heterocycles. The molecule has 0 unspecified atom stereocenters. The Labute approximate surface area is 213 Å². The molecule has 0 radical (unpaired) electrons. The number of fused-ring (bicyclic) bond motifs is 1. The Bertz CT molecular complexity index is 1370. The maximum absolute atomic E-state index is 13.0. The van der Waals surface area contributed by atoms with Gasteiger partial charge in [0.1, 0.15) is 5.00 Å². The molecule has 14 heteroatoms. The van der Waals surface area contributed by atoms with Gasteiger partial charge in [-0.05, 0) is 56.4 Å². The standard InChI is InChI=1S/C20H18Cl2N4O5S3/c1-2-31-18(28)15-12-5-3-4-6-14(12)32-17(15)26-34(29,30)20-25-24-19(33-20)23-16(27)11-8-7-10(21)9-13(11)22/h7-9,26H,2-6H2,1H3,(H,23,24,27). The zero-order valence-electron chi connectivity index (χ0n) is 17.7. The average molecular weight is 561 g/mol. The lowest BCUT2D eigenvalue weighted by atomic mass is 9.95. The molecular formula is C20H18Cl2N4O5S3. The normalized spacial score (nSPS) is 13.3. The van der Waals surface area contributed by atoms with Crippen LogP contribution in [0.4, 0.5) is 10.1 Å². The predicted octanol–water partition coefficient (Wildman–Crippen LogP) is 5.02. The summed E-state index contributed by atoms with van der Waals surface area (Å²) < 4.78 is 33.3. The number of anilines is 2. The summed E-state index contributed by atoms with van der Waals surface area (Å²) >= 11 is 13.8. The summed E-state index contributed by atoms with van der Waals surface area (Å²) in [5.74, 6) is -1.16. The van der Waals surface area contributed by atoms with E-state index in [0.717, 1.165) is 29.7 Å². The van der Waals surface area contributed by atoms with E-state index in [1.807, 2.05) is 0 Å². The van der Waals surface area contributed by atoms with Crippen LogP contribution in [0.3, 0.4) is 0 Å². The number of hydrogen-bond donors (Lipinski definition) is 2. The number of hydrogen-bond acceptors (Lipinski definition) is 9. The molecule has 3 aromatic rings. The molecule has 0 bridgehead atoms. The van der Waals surface area contributed by atoms with Gasteiger partial charge >= 0.3 is 5.97 Å². The summed E-state index contributed by atoms with van der Waals surface area (Å²) in [6.45, 7) is 1.86. The number of rotatable bonds is 7. The molecule has 1 aliphatic rings. The van der Waals surface area contributed by atoms with Gasteiger partial charge in [-0.1, -0.05) is 34.5 Å². The van der Waals surface area contributed by atoms with Crippen molar-refractivity contribution in [3.8, 4) is 0 Å². The van der Waals surface area contributed by atoms with Gasteiger partial charge in [-0.2, -0.15) is 8.42 Å². The lowest BCUT2D eigenvalue weighted by Crippen LogP contribution is -2.16. The number of carbonyl (C=O) groups is 2. The van der Waals surface area contributed by atoms with Crippen molar-refractivity contribution in [2.24, 2.45) is 0 Å². The summed E-state index contributed by atoms with van der Waals surface area (Å²) in [5, 5.41) is 10.6. The lowest BCUT2D eigenvalue weighted by molar-refractivity contribution is 0.0526. The largest absolute Gasteiger partial charge is 0.462 e. The van der Waals surface area contributed by atoms with Crippen LogP contribution in [0, 0.1) is 0 Å². The Balaban J connectivity index is 1.57. The molecule has 4 rings (SSSR count).